The highest BCUT2D eigenvalue weighted by atomic mass is 35.5. The number of likely N-dealkylation sites (tertiary alicyclic amines) is 1. The molecule has 1 fully saturated rings. The van der Waals surface area contributed by atoms with Crippen LogP contribution in [0.3, 0.4) is 0 Å². The smallest absolute Gasteiger partial charge is 0.410 e. The quantitative estimate of drug-likeness (QED) is 0.920. The van der Waals surface area contributed by atoms with E-state index in [1.54, 1.807) is 11.0 Å². The van der Waals surface area contributed by atoms with Crippen LogP contribution in [0, 0.1) is 0 Å². The van der Waals surface area contributed by atoms with Crippen LogP contribution in [0.15, 0.2) is 54.6 Å². The number of carbonyl (C=O) groups excluding carboxylic acids is 1. The van der Waals surface area contributed by atoms with Gasteiger partial charge in [-0.25, -0.2) is 4.79 Å². The van der Waals surface area contributed by atoms with Crippen molar-refractivity contribution in [1.82, 2.24) is 4.90 Å². The highest BCUT2D eigenvalue weighted by molar-refractivity contribution is 6.30. The van der Waals surface area contributed by atoms with Crippen molar-refractivity contribution in [3.63, 3.8) is 0 Å². The maximum atomic E-state index is 12.2. The van der Waals surface area contributed by atoms with Crippen LogP contribution in [0.5, 0.6) is 0 Å². The van der Waals surface area contributed by atoms with Crippen LogP contribution in [0.4, 0.5) is 4.79 Å². The maximum absolute atomic E-state index is 12.2. The zero-order valence-corrected chi connectivity index (χ0v) is 14.1. The van der Waals surface area contributed by atoms with E-state index in [4.69, 9.17) is 16.3 Å². The molecule has 24 heavy (non-hydrogen) atoms. The molecule has 3 rings (SSSR count). The number of aliphatic hydroxyl groups is 1. The first-order chi connectivity index (χ1) is 11.5. The minimum absolute atomic E-state index is 0.239. The van der Waals surface area contributed by atoms with Crippen molar-refractivity contribution in [2.24, 2.45) is 0 Å². The molecular weight excluding hydrogens is 326 g/mol. The second-order valence-corrected chi connectivity index (χ2v) is 6.68. The average molecular weight is 346 g/mol. The Morgan fingerprint density at radius 1 is 1.17 bits per heavy atom. The van der Waals surface area contributed by atoms with Gasteiger partial charge in [-0.2, -0.15) is 0 Å². The van der Waals surface area contributed by atoms with Gasteiger partial charge >= 0.3 is 6.09 Å². The molecule has 0 aliphatic carbocycles. The third-order valence-electron chi connectivity index (χ3n) is 4.22. The van der Waals surface area contributed by atoms with Gasteiger partial charge in [-0.3, -0.25) is 0 Å². The first-order valence-corrected chi connectivity index (χ1v) is 8.34. The van der Waals surface area contributed by atoms with Gasteiger partial charge in [0.05, 0.1) is 12.1 Å². The third kappa shape index (κ3) is 4.28. The molecule has 0 spiro atoms. The summed E-state index contributed by atoms with van der Waals surface area (Å²) < 4.78 is 5.33. The molecule has 1 N–H and O–H groups in total. The molecule has 1 unspecified atom stereocenters. The minimum atomic E-state index is -0.934. The Morgan fingerprint density at radius 3 is 2.67 bits per heavy atom. The molecule has 1 heterocycles. The van der Waals surface area contributed by atoms with Crippen molar-refractivity contribution in [3.05, 3.63) is 70.7 Å². The molecule has 0 saturated carbocycles. The molecule has 4 nitrogen and oxygen atoms in total. The standard InChI is InChI=1S/C19H20ClNO3/c20-17-8-4-7-16(11-17)12-19(23)9-10-21(14-19)18(22)24-13-15-5-2-1-3-6-15/h1-8,11,23H,9-10,12-14H2. The minimum Gasteiger partial charge on any atom is -0.445 e. The Labute approximate surface area is 146 Å². The molecule has 5 heteroatoms. The number of hydrogen-bond donors (Lipinski definition) is 1. The zero-order valence-electron chi connectivity index (χ0n) is 13.3. The van der Waals surface area contributed by atoms with Crippen LogP contribution in [-0.2, 0) is 17.8 Å². The van der Waals surface area contributed by atoms with E-state index in [0.717, 1.165) is 11.1 Å². The van der Waals surface area contributed by atoms with E-state index in [-0.39, 0.29) is 19.2 Å². The molecule has 0 aromatic heterocycles. The van der Waals surface area contributed by atoms with Gasteiger partial charge in [-0.05, 0) is 29.7 Å². The van der Waals surface area contributed by atoms with Gasteiger partial charge in [0.1, 0.15) is 6.61 Å². The van der Waals surface area contributed by atoms with E-state index in [1.165, 1.54) is 0 Å². The third-order valence-corrected chi connectivity index (χ3v) is 4.45. The van der Waals surface area contributed by atoms with Crippen molar-refractivity contribution < 1.29 is 14.6 Å². The molecule has 1 aliphatic rings. The molecule has 2 aromatic carbocycles. The lowest BCUT2D eigenvalue weighted by Gasteiger charge is -2.23. The number of halogens is 1. The average Bonchev–Trinajstić information content (AvgIpc) is 2.95. The molecule has 1 saturated heterocycles. The molecule has 1 amide bonds. The second-order valence-electron chi connectivity index (χ2n) is 6.24. The van der Waals surface area contributed by atoms with Crippen molar-refractivity contribution in [1.29, 1.82) is 0 Å². The van der Waals surface area contributed by atoms with E-state index < -0.39 is 5.60 Å². The first kappa shape index (κ1) is 16.8. The van der Waals surface area contributed by atoms with Gasteiger partial charge in [0, 0.05) is 18.0 Å². The van der Waals surface area contributed by atoms with E-state index in [2.05, 4.69) is 0 Å². The number of β-amino-alcohol motifs (C(OH)–C–C–N with tert-alkyl or cyclic N) is 1. The maximum Gasteiger partial charge on any atom is 0.410 e. The van der Waals surface area contributed by atoms with Gasteiger partial charge in [-0.1, -0.05) is 54.1 Å². The van der Waals surface area contributed by atoms with E-state index in [0.29, 0.717) is 24.4 Å². The number of amides is 1. The summed E-state index contributed by atoms with van der Waals surface area (Å²) in [5, 5.41) is 11.4. The fourth-order valence-electron chi connectivity index (χ4n) is 2.99. The zero-order chi connectivity index (χ0) is 17.0. The molecular formula is C19H20ClNO3. The Bertz CT molecular complexity index is 707. The van der Waals surface area contributed by atoms with E-state index in [9.17, 15) is 9.90 Å². The number of nitrogens with zero attached hydrogens (tertiary/aromatic N) is 1. The van der Waals surface area contributed by atoms with Crippen LogP contribution >= 0.6 is 11.6 Å². The predicted molar refractivity (Wildman–Crippen MR) is 92.9 cm³/mol. The number of carbonyl (C=O) groups is 1. The van der Waals surface area contributed by atoms with Crippen LogP contribution in [0.1, 0.15) is 17.5 Å². The predicted octanol–water partition coefficient (Wildman–Crippen LogP) is 3.66. The largest absolute Gasteiger partial charge is 0.445 e. The van der Waals surface area contributed by atoms with Gasteiger partial charge in [0.25, 0.3) is 0 Å². The molecule has 0 radical (unpaired) electrons. The monoisotopic (exact) mass is 345 g/mol. The van der Waals surface area contributed by atoms with Crippen LogP contribution in [0.25, 0.3) is 0 Å². The highest BCUT2D eigenvalue weighted by Crippen LogP contribution is 2.27. The SMILES string of the molecule is O=C(OCc1ccccc1)N1CCC(O)(Cc2cccc(Cl)c2)C1. The molecule has 1 aliphatic heterocycles. The summed E-state index contributed by atoms with van der Waals surface area (Å²) in [4.78, 5) is 13.7. The lowest BCUT2D eigenvalue weighted by molar-refractivity contribution is 0.0438. The fraction of sp³-hybridized carbons (Fsp3) is 0.316. The number of ether oxygens (including phenoxy) is 1. The first-order valence-electron chi connectivity index (χ1n) is 7.97. The van der Waals surface area contributed by atoms with Gasteiger partial charge in [-0.15, -0.1) is 0 Å². The Kier molecular flexibility index (Phi) is 5.07. The van der Waals surface area contributed by atoms with Crippen molar-refractivity contribution >= 4 is 17.7 Å². The van der Waals surface area contributed by atoms with E-state index >= 15 is 0 Å². The van der Waals surface area contributed by atoms with E-state index in [1.807, 2.05) is 48.5 Å². The summed E-state index contributed by atoms with van der Waals surface area (Å²) in [6.07, 6.45) is 0.608. The van der Waals surface area contributed by atoms with Crippen LogP contribution in [-0.4, -0.2) is 34.8 Å². The van der Waals surface area contributed by atoms with Crippen molar-refractivity contribution in [3.8, 4) is 0 Å². The topological polar surface area (TPSA) is 49.8 Å². The second kappa shape index (κ2) is 7.24. The van der Waals surface area contributed by atoms with Crippen LogP contribution < -0.4 is 0 Å². The molecule has 126 valence electrons. The molecule has 2 aromatic rings. The molecule has 0 bridgehead atoms. The summed E-state index contributed by atoms with van der Waals surface area (Å²) in [6, 6.07) is 17.0. The Hall–Kier alpha value is -2.04. The summed E-state index contributed by atoms with van der Waals surface area (Å²) in [6.45, 7) is 1.00. The van der Waals surface area contributed by atoms with Crippen molar-refractivity contribution in [2.45, 2.75) is 25.0 Å². The van der Waals surface area contributed by atoms with Crippen molar-refractivity contribution in [2.75, 3.05) is 13.1 Å². The number of hydrogen-bond acceptors (Lipinski definition) is 3. The Balaban J connectivity index is 1.55. The summed E-state index contributed by atoms with van der Waals surface area (Å²) in [5.41, 5.74) is 0.972. The van der Waals surface area contributed by atoms with Gasteiger partial charge < -0.3 is 14.7 Å². The number of rotatable bonds is 4. The lowest BCUT2D eigenvalue weighted by atomic mass is 9.94. The van der Waals surface area contributed by atoms with Gasteiger partial charge in [0.2, 0.25) is 0 Å². The van der Waals surface area contributed by atoms with Crippen LogP contribution in [0.2, 0.25) is 5.02 Å². The summed E-state index contributed by atoms with van der Waals surface area (Å²) >= 11 is 5.99. The summed E-state index contributed by atoms with van der Waals surface area (Å²) in [7, 11) is 0. The highest BCUT2D eigenvalue weighted by Gasteiger charge is 2.38. The number of benzene rings is 2. The fourth-order valence-corrected chi connectivity index (χ4v) is 3.21. The lowest BCUT2D eigenvalue weighted by Crippen LogP contribution is -2.37. The molecule has 1 atom stereocenters. The normalized spacial score (nSPS) is 20.2. The van der Waals surface area contributed by atoms with Gasteiger partial charge in [0.15, 0.2) is 0 Å². The Morgan fingerprint density at radius 2 is 1.92 bits per heavy atom. The summed E-state index contributed by atoms with van der Waals surface area (Å²) in [5.74, 6) is 0.